The third-order valence-corrected chi connectivity index (χ3v) is 7.21. The smallest absolute Gasteiger partial charge is 0.252 e. The summed E-state index contributed by atoms with van der Waals surface area (Å²) in [7, 11) is 0. The summed E-state index contributed by atoms with van der Waals surface area (Å²) in [6, 6.07) is 16.0. The number of hydrogen-bond donors (Lipinski definition) is 2. The van der Waals surface area contributed by atoms with Crippen molar-refractivity contribution in [3.05, 3.63) is 59.7 Å². The van der Waals surface area contributed by atoms with Crippen LogP contribution in [0.15, 0.2) is 58.7 Å². The van der Waals surface area contributed by atoms with Gasteiger partial charge in [0.05, 0.1) is 22.9 Å². The summed E-state index contributed by atoms with van der Waals surface area (Å²) in [5.41, 5.74) is 9.20. The standard InChI is InChI=1S/C28H40N6O2S/c1-7-33(8-2)25-15-11-23(12-16-25)19-29-31-27(35)21(5)37-22(6)28(36)32-30-20-24-13-17-26(18-14-24)34(9-3)10-4/h11-22H,7-10H2,1-6H3,(H,31,35)(H,32,36)/b29-19-,30-20+/t21-,22+/m1/s1. The van der Waals surface area contributed by atoms with E-state index in [-0.39, 0.29) is 11.8 Å². The highest BCUT2D eigenvalue weighted by atomic mass is 32.2. The van der Waals surface area contributed by atoms with Crippen LogP contribution in [0.3, 0.4) is 0 Å². The number of hydrazone groups is 2. The molecule has 0 aromatic heterocycles. The molecular formula is C28H40N6O2S. The first-order chi connectivity index (χ1) is 17.8. The Hall–Kier alpha value is -3.33. The molecule has 8 nitrogen and oxygen atoms in total. The largest absolute Gasteiger partial charge is 0.372 e. The van der Waals surface area contributed by atoms with E-state index in [0.29, 0.717) is 0 Å². The Morgan fingerprint density at radius 1 is 0.703 bits per heavy atom. The molecule has 0 aliphatic rings. The molecule has 2 atom stereocenters. The average Bonchev–Trinajstić information content (AvgIpc) is 2.91. The maximum atomic E-state index is 12.4. The van der Waals surface area contributed by atoms with E-state index < -0.39 is 10.5 Å². The normalized spacial score (nSPS) is 12.9. The Labute approximate surface area is 225 Å². The highest BCUT2D eigenvalue weighted by Gasteiger charge is 2.21. The van der Waals surface area contributed by atoms with Crippen LogP contribution in [0.5, 0.6) is 0 Å². The SMILES string of the molecule is CCN(CC)c1ccc(/C=N\NC(=O)[C@@H](C)S[C@@H](C)C(=O)N/N=C/c2ccc(N(CC)CC)cc2)cc1. The number of carbonyl (C=O) groups is 2. The molecule has 0 radical (unpaired) electrons. The molecule has 0 spiro atoms. The van der Waals surface area contributed by atoms with E-state index in [1.807, 2.05) is 48.5 Å². The number of benzene rings is 2. The second-order valence-electron chi connectivity index (χ2n) is 8.42. The average molecular weight is 525 g/mol. The molecule has 2 amide bonds. The molecule has 200 valence electrons. The topological polar surface area (TPSA) is 89.4 Å². The van der Waals surface area contributed by atoms with E-state index in [4.69, 9.17) is 0 Å². The molecule has 0 heterocycles. The lowest BCUT2D eigenvalue weighted by atomic mass is 10.2. The maximum Gasteiger partial charge on any atom is 0.252 e. The summed E-state index contributed by atoms with van der Waals surface area (Å²) in [6.07, 6.45) is 3.22. The van der Waals surface area contributed by atoms with Crippen molar-refractivity contribution in [3.8, 4) is 0 Å². The van der Waals surface area contributed by atoms with Gasteiger partial charge in [0, 0.05) is 37.6 Å². The molecule has 37 heavy (non-hydrogen) atoms. The highest BCUT2D eigenvalue weighted by molar-refractivity contribution is 8.01. The Bertz CT molecular complexity index is 948. The van der Waals surface area contributed by atoms with Crippen LogP contribution in [0.4, 0.5) is 11.4 Å². The summed E-state index contributed by atoms with van der Waals surface area (Å²) in [5, 5.41) is 7.21. The predicted molar refractivity (Wildman–Crippen MR) is 158 cm³/mol. The van der Waals surface area contributed by atoms with Gasteiger partial charge in [-0.05, 0) is 76.9 Å². The molecule has 0 bridgehead atoms. The first kappa shape index (κ1) is 29.9. The van der Waals surface area contributed by atoms with E-state index >= 15 is 0 Å². The van der Waals surface area contributed by atoms with Crippen LogP contribution in [0.2, 0.25) is 0 Å². The van der Waals surface area contributed by atoms with Crippen molar-refractivity contribution in [2.45, 2.75) is 52.0 Å². The van der Waals surface area contributed by atoms with E-state index in [1.54, 1.807) is 26.3 Å². The lowest BCUT2D eigenvalue weighted by molar-refractivity contribution is -0.120. The zero-order chi connectivity index (χ0) is 27.2. The van der Waals surface area contributed by atoms with Gasteiger partial charge in [0.25, 0.3) is 11.8 Å². The number of nitrogens with zero attached hydrogens (tertiary/aromatic N) is 4. The van der Waals surface area contributed by atoms with E-state index in [1.165, 1.54) is 11.8 Å². The molecule has 2 aromatic rings. The minimum atomic E-state index is -0.459. The molecular weight excluding hydrogens is 484 g/mol. The first-order valence-corrected chi connectivity index (χ1v) is 13.8. The third kappa shape index (κ3) is 9.57. The van der Waals surface area contributed by atoms with Crippen molar-refractivity contribution in [3.63, 3.8) is 0 Å². The number of rotatable bonds is 14. The molecule has 0 saturated carbocycles. The van der Waals surface area contributed by atoms with Crippen molar-refractivity contribution in [2.24, 2.45) is 10.2 Å². The fraction of sp³-hybridized carbons (Fsp3) is 0.429. The van der Waals surface area contributed by atoms with Crippen molar-refractivity contribution in [1.82, 2.24) is 10.9 Å². The first-order valence-electron chi connectivity index (χ1n) is 12.8. The molecule has 0 aliphatic carbocycles. The van der Waals surface area contributed by atoms with Crippen LogP contribution in [0, 0.1) is 0 Å². The Morgan fingerprint density at radius 2 is 1.03 bits per heavy atom. The minimum Gasteiger partial charge on any atom is -0.372 e. The van der Waals surface area contributed by atoms with Crippen molar-refractivity contribution < 1.29 is 9.59 Å². The number of anilines is 2. The summed E-state index contributed by atoms with van der Waals surface area (Å²) >= 11 is 1.25. The fourth-order valence-corrected chi connectivity index (χ4v) is 4.64. The summed E-state index contributed by atoms with van der Waals surface area (Å²) in [5.74, 6) is -0.532. The molecule has 9 heteroatoms. The number of nitrogens with one attached hydrogen (secondary N) is 2. The Balaban J connectivity index is 1.78. The Kier molecular flexibility index (Phi) is 12.7. The van der Waals surface area contributed by atoms with Crippen LogP contribution in [-0.4, -0.2) is 60.9 Å². The molecule has 2 rings (SSSR count). The number of amides is 2. The predicted octanol–water partition coefficient (Wildman–Crippen LogP) is 4.49. The maximum absolute atomic E-state index is 12.4. The van der Waals surface area contributed by atoms with E-state index in [0.717, 1.165) is 48.7 Å². The molecule has 2 aromatic carbocycles. The molecule has 0 unspecified atom stereocenters. The van der Waals surface area contributed by atoms with Gasteiger partial charge in [-0.2, -0.15) is 10.2 Å². The molecule has 2 N–H and O–H groups in total. The van der Waals surface area contributed by atoms with Gasteiger partial charge in [0.2, 0.25) is 0 Å². The van der Waals surface area contributed by atoms with Crippen LogP contribution in [0.1, 0.15) is 52.7 Å². The van der Waals surface area contributed by atoms with Gasteiger partial charge >= 0.3 is 0 Å². The molecule has 0 fully saturated rings. The fourth-order valence-electron chi connectivity index (χ4n) is 3.67. The van der Waals surface area contributed by atoms with Gasteiger partial charge in [-0.3, -0.25) is 9.59 Å². The molecule has 0 saturated heterocycles. The lowest BCUT2D eigenvalue weighted by Gasteiger charge is -2.20. The van der Waals surface area contributed by atoms with Crippen molar-refractivity contribution in [1.29, 1.82) is 0 Å². The molecule has 0 aliphatic heterocycles. The second-order valence-corrected chi connectivity index (χ2v) is 10.1. The van der Waals surface area contributed by atoms with E-state index in [2.05, 4.69) is 58.5 Å². The van der Waals surface area contributed by atoms with Gasteiger partial charge in [-0.1, -0.05) is 24.3 Å². The van der Waals surface area contributed by atoms with Crippen LogP contribution in [0.25, 0.3) is 0 Å². The van der Waals surface area contributed by atoms with Crippen LogP contribution >= 0.6 is 11.8 Å². The van der Waals surface area contributed by atoms with Gasteiger partial charge in [0.1, 0.15) is 0 Å². The summed E-state index contributed by atoms with van der Waals surface area (Å²) < 4.78 is 0. The van der Waals surface area contributed by atoms with Crippen LogP contribution < -0.4 is 20.7 Å². The van der Waals surface area contributed by atoms with E-state index in [9.17, 15) is 9.59 Å². The summed E-state index contributed by atoms with van der Waals surface area (Å²) in [6.45, 7) is 15.8. The lowest BCUT2D eigenvalue weighted by Crippen LogP contribution is -2.33. The zero-order valence-corrected chi connectivity index (χ0v) is 23.6. The van der Waals surface area contributed by atoms with Gasteiger partial charge < -0.3 is 9.80 Å². The van der Waals surface area contributed by atoms with Gasteiger partial charge in [0.15, 0.2) is 0 Å². The quantitative estimate of drug-likeness (QED) is 0.281. The van der Waals surface area contributed by atoms with Crippen LogP contribution in [-0.2, 0) is 9.59 Å². The monoisotopic (exact) mass is 524 g/mol. The highest BCUT2D eigenvalue weighted by Crippen LogP contribution is 2.18. The number of hydrogen-bond acceptors (Lipinski definition) is 7. The summed E-state index contributed by atoms with van der Waals surface area (Å²) in [4.78, 5) is 29.3. The minimum absolute atomic E-state index is 0.266. The Morgan fingerprint density at radius 3 is 1.32 bits per heavy atom. The number of carbonyl (C=O) groups excluding carboxylic acids is 2. The van der Waals surface area contributed by atoms with Crippen molar-refractivity contribution in [2.75, 3.05) is 36.0 Å². The van der Waals surface area contributed by atoms with Gasteiger partial charge in [-0.15, -0.1) is 11.8 Å². The zero-order valence-electron chi connectivity index (χ0n) is 22.8. The third-order valence-electron chi connectivity index (χ3n) is 5.97. The second kappa shape index (κ2) is 15.7. The van der Waals surface area contributed by atoms with Crippen molar-refractivity contribution >= 4 is 47.4 Å². The number of thioether (sulfide) groups is 1. The van der Waals surface area contributed by atoms with Gasteiger partial charge in [-0.25, -0.2) is 10.9 Å².